The molecular formula is C23H19N7O. The van der Waals surface area contributed by atoms with Crippen LogP contribution in [0.3, 0.4) is 0 Å². The molecule has 0 atom stereocenters. The van der Waals surface area contributed by atoms with Gasteiger partial charge >= 0.3 is 0 Å². The Labute approximate surface area is 178 Å². The fourth-order valence-corrected chi connectivity index (χ4v) is 3.49. The Morgan fingerprint density at radius 3 is 2.55 bits per heavy atom. The van der Waals surface area contributed by atoms with Crippen molar-refractivity contribution in [2.45, 2.75) is 6.54 Å². The monoisotopic (exact) mass is 409 g/mol. The van der Waals surface area contributed by atoms with Gasteiger partial charge in [0.05, 0.1) is 31.2 Å². The molecule has 0 saturated carbocycles. The Morgan fingerprint density at radius 1 is 0.871 bits per heavy atom. The second-order valence-electron chi connectivity index (χ2n) is 6.97. The highest BCUT2D eigenvalue weighted by Crippen LogP contribution is 2.30. The van der Waals surface area contributed by atoms with Gasteiger partial charge in [0, 0.05) is 10.9 Å². The Kier molecular flexibility index (Phi) is 4.72. The summed E-state index contributed by atoms with van der Waals surface area (Å²) in [6.07, 6.45) is 1.83. The van der Waals surface area contributed by atoms with Crippen LogP contribution in [0.1, 0.15) is 5.69 Å². The van der Waals surface area contributed by atoms with Crippen LogP contribution in [0.25, 0.3) is 33.5 Å². The highest BCUT2D eigenvalue weighted by Gasteiger charge is 2.15. The van der Waals surface area contributed by atoms with Crippen molar-refractivity contribution in [1.82, 2.24) is 29.9 Å². The van der Waals surface area contributed by atoms with E-state index in [2.05, 4.69) is 20.3 Å². The van der Waals surface area contributed by atoms with Crippen molar-refractivity contribution in [3.05, 3.63) is 78.6 Å². The highest BCUT2D eigenvalue weighted by atomic mass is 16.5. The van der Waals surface area contributed by atoms with Crippen molar-refractivity contribution in [3.63, 3.8) is 0 Å². The van der Waals surface area contributed by atoms with Gasteiger partial charge in [-0.3, -0.25) is 4.98 Å². The van der Waals surface area contributed by atoms with E-state index in [4.69, 9.17) is 15.5 Å². The number of fused-ring (bicyclic) bond motifs is 1. The number of methoxy groups -OCH3 is 1. The zero-order valence-corrected chi connectivity index (χ0v) is 16.8. The van der Waals surface area contributed by atoms with E-state index >= 15 is 0 Å². The highest BCUT2D eigenvalue weighted by molar-refractivity contribution is 5.95. The number of anilines is 1. The Morgan fingerprint density at radius 2 is 1.71 bits per heavy atom. The maximum absolute atomic E-state index is 5.95. The van der Waals surface area contributed by atoms with Crippen LogP contribution in [0.4, 0.5) is 5.95 Å². The molecule has 8 nitrogen and oxygen atoms in total. The van der Waals surface area contributed by atoms with Crippen LogP contribution in [0, 0.1) is 0 Å². The number of pyridine rings is 1. The molecule has 8 heteroatoms. The normalized spacial score (nSPS) is 11.0. The largest absolute Gasteiger partial charge is 0.494 e. The minimum absolute atomic E-state index is 0.152. The Balaban J connectivity index is 1.48. The minimum Gasteiger partial charge on any atom is -0.494 e. The molecule has 5 rings (SSSR count). The first-order valence-corrected chi connectivity index (χ1v) is 9.73. The van der Waals surface area contributed by atoms with E-state index in [1.807, 2.05) is 72.9 Å². The van der Waals surface area contributed by atoms with Gasteiger partial charge < -0.3 is 10.5 Å². The third kappa shape index (κ3) is 3.66. The van der Waals surface area contributed by atoms with Crippen molar-refractivity contribution in [1.29, 1.82) is 0 Å². The number of ether oxygens (including phenoxy) is 1. The molecule has 0 unspecified atom stereocenters. The van der Waals surface area contributed by atoms with Crippen molar-refractivity contribution in [2.24, 2.45) is 0 Å². The van der Waals surface area contributed by atoms with E-state index in [0.29, 0.717) is 29.2 Å². The lowest BCUT2D eigenvalue weighted by Crippen LogP contribution is -2.03. The molecule has 2 N–H and O–H groups in total. The smallest absolute Gasteiger partial charge is 0.221 e. The molecule has 2 aromatic carbocycles. The Bertz CT molecular complexity index is 1370. The molecule has 0 amide bonds. The maximum Gasteiger partial charge on any atom is 0.221 e. The second kappa shape index (κ2) is 7.83. The molecule has 3 heterocycles. The summed E-state index contributed by atoms with van der Waals surface area (Å²) in [6.45, 7) is 0.482. The first kappa shape index (κ1) is 18.7. The zero-order chi connectivity index (χ0) is 21.2. The van der Waals surface area contributed by atoms with Crippen LogP contribution in [-0.2, 0) is 6.54 Å². The lowest BCUT2D eigenvalue weighted by Gasteiger charge is -2.07. The van der Waals surface area contributed by atoms with Gasteiger partial charge in [0.25, 0.3) is 0 Å². The number of nitrogens with two attached hydrogens (primary N) is 1. The summed E-state index contributed by atoms with van der Waals surface area (Å²) in [5.74, 6) is 0.779. The van der Waals surface area contributed by atoms with E-state index in [1.165, 1.54) is 0 Å². The minimum atomic E-state index is 0.152. The topological polar surface area (TPSA) is 105 Å². The van der Waals surface area contributed by atoms with Crippen LogP contribution in [0.5, 0.6) is 5.75 Å². The summed E-state index contributed by atoms with van der Waals surface area (Å²) in [5.41, 5.74) is 10.7. The summed E-state index contributed by atoms with van der Waals surface area (Å²) in [7, 11) is 1.60. The van der Waals surface area contributed by atoms with Crippen molar-refractivity contribution < 1.29 is 4.74 Å². The number of rotatable bonds is 5. The lowest BCUT2D eigenvalue weighted by atomic mass is 10.1. The van der Waals surface area contributed by atoms with E-state index < -0.39 is 0 Å². The number of hydrogen-bond acceptors (Lipinski definition) is 7. The van der Waals surface area contributed by atoms with Gasteiger partial charge in [0.15, 0.2) is 0 Å². The number of benzene rings is 2. The molecule has 0 aliphatic carbocycles. The van der Waals surface area contributed by atoms with E-state index in [9.17, 15) is 0 Å². The number of para-hydroxylation sites is 1. The van der Waals surface area contributed by atoms with Gasteiger partial charge in [0.1, 0.15) is 22.7 Å². The quantitative estimate of drug-likeness (QED) is 0.473. The fraction of sp³-hybridized carbons (Fsp3) is 0.0870. The van der Waals surface area contributed by atoms with Gasteiger partial charge in [-0.1, -0.05) is 53.7 Å². The first-order valence-electron chi connectivity index (χ1n) is 9.73. The van der Waals surface area contributed by atoms with E-state index in [1.54, 1.807) is 11.8 Å². The van der Waals surface area contributed by atoms with Crippen molar-refractivity contribution >= 4 is 16.9 Å². The molecular weight excluding hydrogens is 390 g/mol. The van der Waals surface area contributed by atoms with Gasteiger partial charge in [-0.2, -0.15) is 0 Å². The molecule has 5 aromatic rings. The molecule has 31 heavy (non-hydrogen) atoms. The van der Waals surface area contributed by atoms with Gasteiger partial charge in [-0.15, -0.1) is 5.10 Å². The third-order valence-electron chi connectivity index (χ3n) is 4.91. The van der Waals surface area contributed by atoms with Gasteiger partial charge in [0.2, 0.25) is 5.95 Å². The van der Waals surface area contributed by atoms with Gasteiger partial charge in [-0.25, -0.2) is 14.6 Å². The number of nitrogens with zero attached hydrogens (tertiary/aromatic N) is 6. The van der Waals surface area contributed by atoms with Crippen LogP contribution < -0.4 is 10.5 Å². The molecule has 152 valence electrons. The zero-order valence-electron chi connectivity index (χ0n) is 16.8. The molecule has 0 fully saturated rings. The van der Waals surface area contributed by atoms with Crippen molar-refractivity contribution in [2.75, 3.05) is 12.8 Å². The number of hydrogen-bond donors (Lipinski definition) is 1. The average Bonchev–Trinajstić information content (AvgIpc) is 3.27. The van der Waals surface area contributed by atoms with Gasteiger partial charge in [-0.05, 0) is 18.2 Å². The second-order valence-corrected chi connectivity index (χ2v) is 6.97. The van der Waals surface area contributed by atoms with Crippen LogP contribution in [0.15, 0.2) is 72.9 Å². The molecule has 3 aromatic heterocycles. The summed E-state index contributed by atoms with van der Waals surface area (Å²) < 4.78 is 7.14. The Hall–Kier alpha value is -4.33. The van der Waals surface area contributed by atoms with Crippen LogP contribution in [-0.4, -0.2) is 37.1 Å². The fourth-order valence-electron chi connectivity index (χ4n) is 3.49. The summed E-state index contributed by atoms with van der Waals surface area (Å²) in [5, 5.41) is 9.37. The predicted molar refractivity (Wildman–Crippen MR) is 118 cm³/mol. The SMILES string of the molecule is COc1cccc2c(-c3cn(Cc4cccc(-c5ccccc5)n4)nn3)nc(N)nc12. The molecule has 0 bridgehead atoms. The average molecular weight is 409 g/mol. The number of nitrogen functional groups attached to an aromatic ring is 1. The molecule has 0 spiro atoms. The molecule has 0 aliphatic heterocycles. The molecule has 0 saturated heterocycles. The van der Waals surface area contributed by atoms with E-state index in [0.717, 1.165) is 22.3 Å². The summed E-state index contributed by atoms with van der Waals surface area (Å²) in [4.78, 5) is 13.5. The van der Waals surface area contributed by atoms with Crippen molar-refractivity contribution in [3.8, 4) is 28.4 Å². The standard InChI is InChI=1S/C23H19N7O/c1-31-20-12-6-10-17-21(26-23(24)27-22(17)20)19-14-30(29-28-19)13-16-9-5-11-18(25-16)15-7-3-2-4-8-15/h2-12,14H,13H2,1H3,(H2,24,26,27). The molecule has 0 radical (unpaired) electrons. The lowest BCUT2D eigenvalue weighted by molar-refractivity contribution is 0.419. The maximum atomic E-state index is 5.95. The molecule has 0 aliphatic rings. The number of aromatic nitrogens is 6. The van der Waals surface area contributed by atoms with Crippen LogP contribution in [0.2, 0.25) is 0 Å². The third-order valence-corrected chi connectivity index (χ3v) is 4.91. The predicted octanol–water partition coefficient (Wildman–Crippen LogP) is 3.59. The summed E-state index contributed by atoms with van der Waals surface area (Å²) >= 11 is 0. The van der Waals surface area contributed by atoms with E-state index in [-0.39, 0.29) is 5.95 Å². The summed E-state index contributed by atoms with van der Waals surface area (Å²) in [6, 6.07) is 21.7. The first-order chi connectivity index (χ1) is 15.2. The van der Waals surface area contributed by atoms with Crippen LogP contribution >= 0.6 is 0 Å².